The molecule has 0 aromatic heterocycles. The van der Waals surface area contributed by atoms with Crippen molar-refractivity contribution in [3.8, 4) is 18.1 Å². The Kier molecular flexibility index (Phi) is 6.91. The standard InChI is InChI=1S/C15H19F2NO/c1-3-5-6-14(18-11-4-2)12-7-9-13(10-8-12)19-15(16)17/h1,7-10,14-15,18H,4-6,11H2,2H3. The molecule has 2 nitrogen and oxygen atoms in total. The van der Waals surface area contributed by atoms with Gasteiger partial charge < -0.3 is 10.1 Å². The van der Waals surface area contributed by atoms with E-state index in [2.05, 4.69) is 22.9 Å². The third-order valence-corrected chi connectivity index (χ3v) is 2.73. The number of hydrogen-bond acceptors (Lipinski definition) is 2. The summed E-state index contributed by atoms with van der Waals surface area (Å²) in [6, 6.07) is 6.84. The molecule has 1 aromatic carbocycles. The first-order valence-corrected chi connectivity index (χ1v) is 6.39. The van der Waals surface area contributed by atoms with Crippen molar-refractivity contribution in [1.29, 1.82) is 0 Å². The van der Waals surface area contributed by atoms with Crippen LogP contribution in [-0.2, 0) is 0 Å². The van der Waals surface area contributed by atoms with Crippen LogP contribution in [-0.4, -0.2) is 13.2 Å². The zero-order valence-electron chi connectivity index (χ0n) is 11.0. The molecule has 1 N–H and O–H groups in total. The van der Waals surface area contributed by atoms with E-state index in [0.717, 1.165) is 24.9 Å². The smallest absolute Gasteiger partial charge is 0.387 e. The van der Waals surface area contributed by atoms with Crippen molar-refractivity contribution in [3.63, 3.8) is 0 Å². The van der Waals surface area contributed by atoms with Crippen LogP contribution >= 0.6 is 0 Å². The van der Waals surface area contributed by atoms with Gasteiger partial charge in [0.1, 0.15) is 5.75 Å². The molecule has 0 spiro atoms. The fourth-order valence-corrected chi connectivity index (χ4v) is 1.81. The summed E-state index contributed by atoms with van der Waals surface area (Å²) >= 11 is 0. The molecule has 1 aromatic rings. The Balaban J connectivity index is 2.69. The van der Waals surface area contributed by atoms with Gasteiger partial charge in [-0.3, -0.25) is 0 Å². The number of benzene rings is 1. The van der Waals surface area contributed by atoms with Crippen molar-refractivity contribution in [2.45, 2.75) is 38.8 Å². The number of hydrogen-bond donors (Lipinski definition) is 1. The van der Waals surface area contributed by atoms with Gasteiger partial charge >= 0.3 is 6.61 Å². The first-order chi connectivity index (χ1) is 9.17. The van der Waals surface area contributed by atoms with Crippen LogP contribution in [0.2, 0.25) is 0 Å². The summed E-state index contributed by atoms with van der Waals surface area (Å²) in [5.74, 6) is 2.79. The quantitative estimate of drug-likeness (QED) is 0.724. The molecule has 0 heterocycles. The average Bonchev–Trinajstić information content (AvgIpc) is 2.39. The maximum absolute atomic E-state index is 12.1. The molecule has 1 unspecified atom stereocenters. The molecule has 1 atom stereocenters. The molecule has 0 saturated heterocycles. The van der Waals surface area contributed by atoms with Crippen LogP contribution in [0.5, 0.6) is 5.75 Å². The highest BCUT2D eigenvalue weighted by Crippen LogP contribution is 2.22. The van der Waals surface area contributed by atoms with Crippen LogP contribution in [0.3, 0.4) is 0 Å². The van der Waals surface area contributed by atoms with Gasteiger partial charge in [-0.05, 0) is 37.1 Å². The number of ether oxygens (including phenoxy) is 1. The van der Waals surface area contributed by atoms with Crippen molar-refractivity contribution in [2.75, 3.05) is 6.54 Å². The van der Waals surface area contributed by atoms with Crippen LogP contribution in [0, 0.1) is 12.3 Å². The molecule has 0 aliphatic carbocycles. The lowest BCUT2D eigenvalue weighted by Crippen LogP contribution is -2.22. The van der Waals surface area contributed by atoms with E-state index in [1.165, 1.54) is 0 Å². The zero-order chi connectivity index (χ0) is 14.1. The predicted molar refractivity (Wildman–Crippen MR) is 72.2 cm³/mol. The van der Waals surface area contributed by atoms with Crippen molar-refractivity contribution < 1.29 is 13.5 Å². The molecule has 1 rings (SSSR count). The third-order valence-electron chi connectivity index (χ3n) is 2.73. The first kappa shape index (κ1) is 15.5. The van der Waals surface area contributed by atoms with E-state index in [9.17, 15) is 8.78 Å². The second-order valence-electron chi connectivity index (χ2n) is 4.20. The van der Waals surface area contributed by atoms with Crippen LogP contribution in [0.1, 0.15) is 37.8 Å². The summed E-state index contributed by atoms with van der Waals surface area (Å²) in [5.41, 5.74) is 1.03. The molecule has 0 saturated carbocycles. The van der Waals surface area contributed by atoms with Crippen molar-refractivity contribution >= 4 is 0 Å². The molecule has 0 aliphatic rings. The Morgan fingerprint density at radius 3 is 2.53 bits per heavy atom. The second-order valence-corrected chi connectivity index (χ2v) is 4.20. The van der Waals surface area contributed by atoms with Crippen LogP contribution < -0.4 is 10.1 Å². The predicted octanol–water partition coefficient (Wildman–Crippen LogP) is 3.74. The minimum Gasteiger partial charge on any atom is -0.435 e. The van der Waals surface area contributed by atoms with Crippen molar-refractivity contribution in [1.82, 2.24) is 5.32 Å². The summed E-state index contributed by atoms with van der Waals surface area (Å²) < 4.78 is 28.4. The molecule has 4 heteroatoms. The number of terminal acetylenes is 1. The van der Waals surface area contributed by atoms with Crippen molar-refractivity contribution in [3.05, 3.63) is 29.8 Å². The summed E-state index contributed by atoms with van der Waals surface area (Å²) in [6.07, 6.45) is 7.81. The fourth-order valence-electron chi connectivity index (χ4n) is 1.81. The highest BCUT2D eigenvalue weighted by Gasteiger charge is 2.11. The first-order valence-electron chi connectivity index (χ1n) is 6.39. The van der Waals surface area contributed by atoms with Crippen LogP contribution in [0.15, 0.2) is 24.3 Å². The Labute approximate surface area is 113 Å². The lowest BCUT2D eigenvalue weighted by Gasteiger charge is -2.18. The fraction of sp³-hybridized carbons (Fsp3) is 0.467. The van der Waals surface area contributed by atoms with E-state index in [4.69, 9.17) is 6.42 Å². The highest BCUT2D eigenvalue weighted by molar-refractivity contribution is 5.29. The summed E-state index contributed by atoms with van der Waals surface area (Å²) in [5, 5.41) is 3.40. The number of rotatable bonds is 8. The Morgan fingerprint density at radius 1 is 1.32 bits per heavy atom. The summed E-state index contributed by atoms with van der Waals surface area (Å²) in [4.78, 5) is 0. The van der Waals surface area contributed by atoms with Gasteiger partial charge in [-0.2, -0.15) is 8.78 Å². The van der Waals surface area contributed by atoms with Gasteiger partial charge in [0.2, 0.25) is 0 Å². The largest absolute Gasteiger partial charge is 0.435 e. The van der Waals surface area contributed by atoms with Gasteiger partial charge in [-0.25, -0.2) is 0 Å². The van der Waals surface area contributed by atoms with E-state index in [0.29, 0.717) is 6.42 Å². The van der Waals surface area contributed by atoms with Gasteiger partial charge in [0, 0.05) is 12.5 Å². The normalized spacial score (nSPS) is 12.2. The maximum atomic E-state index is 12.1. The Hall–Kier alpha value is -1.60. The lowest BCUT2D eigenvalue weighted by atomic mass is 10.0. The molecular weight excluding hydrogens is 248 g/mol. The molecule has 104 valence electrons. The van der Waals surface area contributed by atoms with E-state index in [1.807, 2.05) is 0 Å². The topological polar surface area (TPSA) is 21.3 Å². The lowest BCUT2D eigenvalue weighted by molar-refractivity contribution is -0.0498. The van der Waals surface area contributed by atoms with Gasteiger partial charge in [0.25, 0.3) is 0 Å². The maximum Gasteiger partial charge on any atom is 0.387 e. The molecule has 19 heavy (non-hydrogen) atoms. The van der Waals surface area contributed by atoms with Crippen LogP contribution in [0.25, 0.3) is 0 Å². The number of alkyl halides is 2. The van der Waals surface area contributed by atoms with E-state index in [1.54, 1.807) is 24.3 Å². The highest BCUT2D eigenvalue weighted by atomic mass is 19.3. The Morgan fingerprint density at radius 2 is 2.00 bits per heavy atom. The summed E-state index contributed by atoms with van der Waals surface area (Å²) in [7, 11) is 0. The molecule has 0 fully saturated rings. The van der Waals surface area contributed by atoms with Gasteiger partial charge in [0.15, 0.2) is 0 Å². The number of nitrogens with one attached hydrogen (secondary N) is 1. The monoisotopic (exact) mass is 267 g/mol. The minimum absolute atomic E-state index is 0.150. The van der Waals surface area contributed by atoms with Gasteiger partial charge in [0.05, 0.1) is 0 Å². The average molecular weight is 267 g/mol. The second kappa shape index (κ2) is 8.49. The molecule has 0 amide bonds. The molecule has 0 aliphatic heterocycles. The molecule has 0 radical (unpaired) electrons. The van der Waals surface area contributed by atoms with Crippen LogP contribution in [0.4, 0.5) is 8.78 Å². The van der Waals surface area contributed by atoms with E-state index in [-0.39, 0.29) is 11.8 Å². The minimum atomic E-state index is -2.79. The molecular formula is C15H19F2NO. The van der Waals surface area contributed by atoms with Gasteiger partial charge in [-0.15, -0.1) is 12.3 Å². The SMILES string of the molecule is C#CCCC(NCCC)c1ccc(OC(F)F)cc1. The summed E-state index contributed by atoms with van der Waals surface area (Å²) in [6.45, 7) is 0.191. The molecule has 0 bridgehead atoms. The Bertz CT molecular complexity index is 398. The third kappa shape index (κ3) is 5.71. The number of halogens is 2. The van der Waals surface area contributed by atoms with E-state index < -0.39 is 6.61 Å². The van der Waals surface area contributed by atoms with Gasteiger partial charge in [-0.1, -0.05) is 19.1 Å². The zero-order valence-corrected chi connectivity index (χ0v) is 11.0. The van der Waals surface area contributed by atoms with E-state index >= 15 is 0 Å². The van der Waals surface area contributed by atoms with Crippen molar-refractivity contribution in [2.24, 2.45) is 0 Å².